The van der Waals surface area contributed by atoms with Gasteiger partial charge in [-0.15, -0.1) is 11.3 Å². The number of benzene rings is 1. The van der Waals surface area contributed by atoms with E-state index < -0.39 is 0 Å². The molecule has 0 saturated carbocycles. The molecule has 0 bridgehead atoms. The van der Waals surface area contributed by atoms with E-state index in [-0.39, 0.29) is 11.9 Å². The van der Waals surface area contributed by atoms with Crippen molar-refractivity contribution in [3.8, 4) is 0 Å². The number of rotatable bonds is 5. The second-order valence-corrected chi connectivity index (χ2v) is 6.33. The van der Waals surface area contributed by atoms with E-state index in [1.54, 1.807) is 11.3 Å². The average molecular weight is 353 g/mol. The molecule has 2 aromatic rings. The van der Waals surface area contributed by atoms with Crippen LogP contribution in [0.2, 0.25) is 0 Å². The van der Waals surface area contributed by atoms with Crippen LogP contribution in [0.3, 0.4) is 0 Å². The zero-order valence-corrected chi connectivity index (χ0v) is 13.8. The van der Waals surface area contributed by atoms with Gasteiger partial charge in [0.25, 0.3) is 5.91 Å². The molecular weight excluding hydrogens is 336 g/mol. The van der Waals surface area contributed by atoms with E-state index in [0.29, 0.717) is 12.1 Å². The van der Waals surface area contributed by atoms with Gasteiger partial charge in [0.05, 0.1) is 6.04 Å². The number of nitrogens with one attached hydrogen (secondary N) is 2. The van der Waals surface area contributed by atoms with Gasteiger partial charge in [-0.3, -0.25) is 4.79 Å². The zero-order valence-electron chi connectivity index (χ0n) is 11.4. The maximum absolute atomic E-state index is 11.8. The molecule has 0 aliphatic heterocycles. The standard InChI is InChI=1S/C15H17BrN2OS/c1-3-17-15(19)11-5-4-6-13(7-11)18-10(2)14-8-12(16)9-20-14/h4-10,18H,3H2,1-2H3,(H,17,19). The molecule has 0 radical (unpaired) electrons. The summed E-state index contributed by atoms with van der Waals surface area (Å²) in [5.41, 5.74) is 1.63. The monoisotopic (exact) mass is 352 g/mol. The number of hydrogen-bond acceptors (Lipinski definition) is 3. The summed E-state index contributed by atoms with van der Waals surface area (Å²) in [5, 5.41) is 8.29. The zero-order chi connectivity index (χ0) is 14.5. The summed E-state index contributed by atoms with van der Waals surface area (Å²) < 4.78 is 1.10. The van der Waals surface area contributed by atoms with Crippen LogP contribution in [0, 0.1) is 0 Å². The van der Waals surface area contributed by atoms with Crippen molar-refractivity contribution in [1.82, 2.24) is 5.32 Å². The number of amides is 1. The quantitative estimate of drug-likeness (QED) is 0.835. The Morgan fingerprint density at radius 3 is 2.85 bits per heavy atom. The molecule has 1 amide bonds. The van der Waals surface area contributed by atoms with Crippen molar-refractivity contribution in [2.75, 3.05) is 11.9 Å². The van der Waals surface area contributed by atoms with E-state index in [9.17, 15) is 4.79 Å². The van der Waals surface area contributed by atoms with Crippen LogP contribution in [-0.4, -0.2) is 12.5 Å². The van der Waals surface area contributed by atoms with Crippen molar-refractivity contribution in [2.24, 2.45) is 0 Å². The highest BCUT2D eigenvalue weighted by Gasteiger charge is 2.09. The Balaban J connectivity index is 2.09. The van der Waals surface area contributed by atoms with Crippen LogP contribution in [0.5, 0.6) is 0 Å². The lowest BCUT2D eigenvalue weighted by Crippen LogP contribution is -2.22. The van der Waals surface area contributed by atoms with E-state index in [4.69, 9.17) is 0 Å². The maximum atomic E-state index is 11.8. The SMILES string of the molecule is CCNC(=O)c1cccc(NC(C)c2cc(Br)cs2)c1. The smallest absolute Gasteiger partial charge is 0.251 e. The van der Waals surface area contributed by atoms with E-state index in [0.717, 1.165) is 10.2 Å². The summed E-state index contributed by atoms with van der Waals surface area (Å²) in [7, 11) is 0. The van der Waals surface area contributed by atoms with Crippen molar-refractivity contribution in [2.45, 2.75) is 19.9 Å². The Labute approximate surface area is 131 Å². The number of carbonyl (C=O) groups excluding carboxylic acids is 1. The number of halogens is 1. The number of thiophene rings is 1. The molecule has 1 heterocycles. The Bertz CT molecular complexity index is 597. The minimum absolute atomic E-state index is 0.0392. The summed E-state index contributed by atoms with van der Waals surface area (Å²) in [5.74, 6) is -0.0392. The Kier molecular flexibility index (Phi) is 5.20. The predicted molar refractivity (Wildman–Crippen MR) is 88.5 cm³/mol. The van der Waals surface area contributed by atoms with E-state index in [1.807, 2.05) is 31.2 Å². The summed E-state index contributed by atoms with van der Waals surface area (Å²) in [4.78, 5) is 13.1. The molecule has 106 valence electrons. The topological polar surface area (TPSA) is 41.1 Å². The van der Waals surface area contributed by atoms with E-state index in [2.05, 4.69) is 44.9 Å². The molecule has 0 saturated heterocycles. The molecule has 0 spiro atoms. The van der Waals surface area contributed by atoms with Crippen LogP contribution in [0.4, 0.5) is 5.69 Å². The van der Waals surface area contributed by atoms with Crippen LogP contribution in [0.25, 0.3) is 0 Å². The predicted octanol–water partition coefficient (Wildman–Crippen LogP) is 4.43. The minimum atomic E-state index is -0.0392. The molecule has 1 aromatic heterocycles. The lowest BCUT2D eigenvalue weighted by molar-refractivity contribution is 0.0956. The van der Waals surface area contributed by atoms with Gasteiger partial charge in [0, 0.05) is 32.5 Å². The Morgan fingerprint density at radius 1 is 1.40 bits per heavy atom. The molecule has 2 N–H and O–H groups in total. The molecule has 2 rings (SSSR count). The molecular formula is C15H17BrN2OS. The Morgan fingerprint density at radius 2 is 2.20 bits per heavy atom. The molecule has 0 aliphatic rings. The third-order valence-electron chi connectivity index (χ3n) is 2.86. The van der Waals surface area contributed by atoms with Gasteiger partial charge >= 0.3 is 0 Å². The lowest BCUT2D eigenvalue weighted by Gasteiger charge is -2.14. The van der Waals surface area contributed by atoms with Gasteiger partial charge in [-0.1, -0.05) is 6.07 Å². The minimum Gasteiger partial charge on any atom is -0.378 e. The molecule has 1 atom stereocenters. The summed E-state index contributed by atoms with van der Waals surface area (Å²) in [6.45, 7) is 4.66. The van der Waals surface area contributed by atoms with Crippen LogP contribution >= 0.6 is 27.3 Å². The largest absolute Gasteiger partial charge is 0.378 e. The van der Waals surface area contributed by atoms with Gasteiger partial charge in [0.2, 0.25) is 0 Å². The summed E-state index contributed by atoms with van der Waals surface area (Å²) in [6, 6.07) is 9.88. The van der Waals surface area contributed by atoms with Crippen LogP contribution < -0.4 is 10.6 Å². The van der Waals surface area contributed by atoms with Crippen molar-refractivity contribution in [1.29, 1.82) is 0 Å². The maximum Gasteiger partial charge on any atom is 0.251 e. The second-order valence-electron chi connectivity index (χ2n) is 4.47. The van der Waals surface area contributed by atoms with Gasteiger partial charge in [0.1, 0.15) is 0 Å². The Hall–Kier alpha value is -1.33. The van der Waals surface area contributed by atoms with Crippen LogP contribution in [-0.2, 0) is 0 Å². The molecule has 0 aliphatic carbocycles. The van der Waals surface area contributed by atoms with Crippen molar-refractivity contribution in [3.63, 3.8) is 0 Å². The van der Waals surface area contributed by atoms with E-state index in [1.165, 1.54) is 4.88 Å². The third kappa shape index (κ3) is 3.84. The van der Waals surface area contributed by atoms with Gasteiger partial charge in [-0.05, 0) is 54.0 Å². The molecule has 0 fully saturated rings. The van der Waals surface area contributed by atoms with Crippen LogP contribution in [0.1, 0.15) is 35.1 Å². The molecule has 20 heavy (non-hydrogen) atoms. The van der Waals surface area contributed by atoms with Crippen molar-refractivity contribution >= 4 is 38.9 Å². The first-order valence-electron chi connectivity index (χ1n) is 6.49. The fraction of sp³-hybridized carbons (Fsp3) is 0.267. The van der Waals surface area contributed by atoms with Crippen LogP contribution in [0.15, 0.2) is 40.2 Å². The molecule has 1 unspecified atom stereocenters. The normalized spacial score (nSPS) is 11.9. The molecule has 1 aromatic carbocycles. The van der Waals surface area contributed by atoms with Crippen molar-refractivity contribution < 1.29 is 4.79 Å². The second kappa shape index (κ2) is 6.90. The highest BCUT2D eigenvalue weighted by molar-refractivity contribution is 9.10. The molecule has 3 nitrogen and oxygen atoms in total. The lowest BCUT2D eigenvalue weighted by atomic mass is 10.1. The molecule has 5 heteroatoms. The van der Waals surface area contributed by atoms with Crippen molar-refractivity contribution in [3.05, 3.63) is 50.6 Å². The fourth-order valence-corrected chi connectivity index (χ4v) is 3.34. The highest BCUT2D eigenvalue weighted by Crippen LogP contribution is 2.28. The first-order valence-corrected chi connectivity index (χ1v) is 8.16. The number of carbonyl (C=O) groups is 1. The number of anilines is 1. The summed E-state index contributed by atoms with van der Waals surface area (Å²) >= 11 is 5.17. The van der Waals surface area contributed by atoms with E-state index >= 15 is 0 Å². The summed E-state index contributed by atoms with van der Waals surface area (Å²) in [6.07, 6.45) is 0. The first-order chi connectivity index (χ1) is 9.60. The first kappa shape index (κ1) is 15.1. The van der Waals surface area contributed by atoms with Gasteiger partial charge in [-0.25, -0.2) is 0 Å². The van der Waals surface area contributed by atoms with Gasteiger partial charge in [-0.2, -0.15) is 0 Å². The fourth-order valence-electron chi connectivity index (χ4n) is 1.89. The average Bonchev–Trinajstić information content (AvgIpc) is 2.86. The highest BCUT2D eigenvalue weighted by atomic mass is 79.9. The van der Waals surface area contributed by atoms with Gasteiger partial charge < -0.3 is 10.6 Å². The van der Waals surface area contributed by atoms with Gasteiger partial charge in [0.15, 0.2) is 0 Å². The number of hydrogen-bond donors (Lipinski definition) is 2. The third-order valence-corrected chi connectivity index (χ3v) is 4.74.